The van der Waals surface area contributed by atoms with E-state index in [0.29, 0.717) is 5.71 Å². The second-order valence-corrected chi connectivity index (χ2v) is 3.27. The normalized spacial score (nSPS) is 12.6. The summed E-state index contributed by atoms with van der Waals surface area (Å²) in [5.41, 5.74) is 0.698. The summed E-state index contributed by atoms with van der Waals surface area (Å²) in [6.45, 7) is 1.95. The average Bonchev–Trinajstić information content (AvgIpc) is 2.59. The van der Waals surface area contributed by atoms with Crippen molar-refractivity contribution >= 4 is 23.1 Å². The van der Waals surface area contributed by atoms with Crippen LogP contribution in [0.1, 0.15) is 18.2 Å². The molecule has 1 heterocycles. The Morgan fingerprint density at radius 2 is 2.58 bits per heavy atom. The highest BCUT2D eigenvalue weighted by atomic mass is 32.1. The van der Waals surface area contributed by atoms with E-state index in [1.165, 1.54) is 4.88 Å². The smallest absolute Gasteiger partial charge is 0.0793 e. The van der Waals surface area contributed by atoms with E-state index in [0.717, 1.165) is 6.42 Å². The maximum Gasteiger partial charge on any atom is 0.0793 e. The molecule has 0 fully saturated rings. The molecule has 1 aromatic rings. The number of hydrogen-bond acceptors (Lipinski definition) is 3. The summed E-state index contributed by atoms with van der Waals surface area (Å²) in [6, 6.07) is 4.01. The molecule has 0 aliphatic carbocycles. The van der Waals surface area contributed by atoms with E-state index in [4.69, 9.17) is 5.21 Å². The van der Waals surface area contributed by atoms with Crippen LogP contribution in [0.2, 0.25) is 0 Å². The first-order valence-corrected chi connectivity index (χ1v) is 4.67. The van der Waals surface area contributed by atoms with Gasteiger partial charge >= 0.3 is 0 Å². The van der Waals surface area contributed by atoms with E-state index in [1.54, 1.807) is 11.3 Å². The maximum atomic E-state index is 8.49. The molecule has 0 aliphatic heterocycles. The van der Waals surface area contributed by atoms with Crippen LogP contribution in [0.3, 0.4) is 0 Å². The lowest BCUT2D eigenvalue weighted by Gasteiger charge is -1.89. The van der Waals surface area contributed by atoms with E-state index in [2.05, 4.69) is 5.16 Å². The quantitative estimate of drug-likeness (QED) is 0.434. The Bertz CT molecular complexity index is 275. The van der Waals surface area contributed by atoms with Crippen molar-refractivity contribution in [3.05, 3.63) is 28.5 Å². The predicted octanol–water partition coefficient (Wildman–Crippen LogP) is 3.00. The molecule has 1 rings (SSSR count). The molecule has 0 atom stereocenters. The third-order valence-corrected chi connectivity index (χ3v) is 2.31. The van der Waals surface area contributed by atoms with Crippen LogP contribution in [0.25, 0.3) is 6.08 Å². The number of rotatable bonds is 3. The zero-order chi connectivity index (χ0) is 8.81. The maximum absolute atomic E-state index is 8.49. The van der Waals surface area contributed by atoms with E-state index in [9.17, 15) is 0 Å². The summed E-state index contributed by atoms with van der Waals surface area (Å²) in [5, 5.41) is 13.7. The van der Waals surface area contributed by atoms with Gasteiger partial charge in [-0.1, -0.05) is 18.1 Å². The van der Waals surface area contributed by atoms with Gasteiger partial charge in [0.15, 0.2) is 0 Å². The van der Waals surface area contributed by atoms with Gasteiger partial charge in [0.2, 0.25) is 0 Å². The third-order valence-electron chi connectivity index (χ3n) is 1.47. The lowest BCUT2D eigenvalue weighted by atomic mass is 10.2. The Morgan fingerprint density at radius 3 is 3.08 bits per heavy atom. The molecule has 0 saturated carbocycles. The van der Waals surface area contributed by atoms with Crippen LogP contribution in [0.15, 0.2) is 28.7 Å². The fourth-order valence-corrected chi connectivity index (χ4v) is 1.40. The number of nitrogens with zero attached hydrogens (tertiary/aromatic N) is 1. The SMILES string of the molecule is CC/C(C=Cc1cccs1)=N\O. The van der Waals surface area contributed by atoms with Crippen LogP contribution in [-0.2, 0) is 0 Å². The zero-order valence-electron chi connectivity index (χ0n) is 6.90. The highest BCUT2D eigenvalue weighted by molar-refractivity contribution is 7.10. The predicted molar refractivity (Wildman–Crippen MR) is 52.9 cm³/mol. The van der Waals surface area contributed by atoms with E-state index >= 15 is 0 Å². The third kappa shape index (κ3) is 2.51. The summed E-state index contributed by atoms with van der Waals surface area (Å²) < 4.78 is 0. The lowest BCUT2D eigenvalue weighted by molar-refractivity contribution is 0.318. The minimum atomic E-state index is 0.698. The molecule has 0 radical (unpaired) electrons. The van der Waals surface area contributed by atoms with Crippen LogP contribution >= 0.6 is 11.3 Å². The van der Waals surface area contributed by atoms with Gasteiger partial charge in [0, 0.05) is 4.88 Å². The van der Waals surface area contributed by atoms with Gasteiger partial charge in [0.1, 0.15) is 0 Å². The van der Waals surface area contributed by atoms with Crippen LogP contribution < -0.4 is 0 Å². The highest BCUT2D eigenvalue weighted by Gasteiger charge is 1.90. The van der Waals surface area contributed by atoms with Crippen molar-refractivity contribution in [3.63, 3.8) is 0 Å². The van der Waals surface area contributed by atoms with Crippen molar-refractivity contribution < 1.29 is 5.21 Å². The molecule has 64 valence electrons. The molecule has 1 N–H and O–H groups in total. The summed E-state index contributed by atoms with van der Waals surface area (Å²) in [7, 11) is 0. The van der Waals surface area contributed by atoms with Gasteiger partial charge in [0.25, 0.3) is 0 Å². The first-order valence-electron chi connectivity index (χ1n) is 3.79. The fourth-order valence-electron chi connectivity index (χ4n) is 0.786. The molecule has 0 amide bonds. The Morgan fingerprint density at radius 1 is 1.75 bits per heavy atom. The zero-order valence-corrected chi connectivity index (χ0v) is 7.71. The van der Waals surface area contributed by atoms with Gasteiger partial charge in [0.05, 0.1) is 5.71 Å². The molecule has 0 aromatic carbocycles. The summed E-state index contributed by atoms with van der Waals surface area (Å²) in [5.74, 6) is 0. The van der Waals surface area contributed by atoms with Crippen LogP contribution in [-0.4, -0.2) is 10.9 Å². The molecule has 0 aliphatic rings. The minimum Gasteiger partial charge on any atom is -0.411 e. The van der Waals surface area contributed by atoms with Crippen molar-refractivity contribution in [3.8, 4) is 0 Å². The Hall–Kier alpha value is -1.09. The van der Waals surface area contributed by atoms with Crippen molar-refractivity contribution in [2.75, 3.05) is 0 Å². The Kier molecular flexibility index (Phi) is 3.54. The topological polar surface area (TPSA) is 32.6 Å². The second kappa shape index (κ2) is 4.72. The van der Waals surface area contributed by atoms with Crippen LogP contribution in [0.4, 0.5) is 0 Å². The largest absolute Gasteiger partial charge is 0.411 e. The van der Waals surface area contributed by atoms with Crippen molar-refractivity contribution in [2.45, 2.75) is 13.3 Å². The summed E-state index contributed by atoms with van der Waals surface area (Å²) in [4.78, 5) is 1.17. The molecule has 0 spiro atoms. The molecule has 0 bridgehead atoms. The molecular formula is C9H11NOS. The van der Waals surface area contributed by atoms with E-state index < -0.39 is 0 Å². The van der Waals surface area contributed by atoms with Gasteiger partial charge in [-0.2, -0.15) is 0 Å². The Labute approximate surface area is 75.9 Å². The molecule has 1 aromatic heterocycles. The first kappa shape index (κ1) is 9.00. The highest BCUT2D eigenvalue weighted by Crippen LogP contribution is 2.10. The first-order chi connectivity index (χ1) is 5.86. The minimum absolute atomic E-state index is 0.698. The number of hydrogen-bond donors (Lipinski definition) is 1. The number of thiophene rings is 1. The van der Waals surface area contributed by atoms with E-state index in [-0.39, 0.29) is 0 Å². The molecule has 12 heavy (non-hydrogen) atoms. The lowest BCUT2D eigenvalue weighted by Crippen LogP contribution is -1.88. The van der Waals surface area contributed by atoms with Gasteiger partial charge in [-0.05, 0) is 30.0 Å². The Balaban J connectivity index is 2.62. The van der Waals surface area contributed by atoms with Gasteiger partial charge in [-0.15, -0.1) is 11.3 Å². The van der Waals surface area contributed by atoms with Crippen LogP contribution in [0.5, 0.6) is 0 Å². The van der Waals surface area contributed by atoms with Gasteiger partial charge in [-0.3, -0.25) is 0 Å². The van der Waals surface area contributed by atoms with Crippen molar-refractivity contribution in [1.29, 1.82) is 0 Å². The second-order valence-electron chi connectivity index (χ2n) is 2.29. The molecule has 2 nitrogen and oxygen atoms in total. The standard InChI is InChI=1S/C9H11NOS/c1-2-8(10-11)5-6-9-4-3-7-12-9/h3-7,11H,2H2,1H3/b6-5?,10-8+. The monoisotopic (exact) mass is 181 g/mol. The average molecular weight is 181 g/mol. The molecular weight excluding hydrogens is 170 g/mol. The van der Waals surface area contributed by atoms with Crippen molar-refractivity contribution in [2.24, 2.45) is 5.16 Å². The fraction of sp³-hybridized carbons (Fsp3) is 0.222. The summed E-state index contributed by atoms with van der Waals surface area (Å²) >= 11 is 1.66. The summed E-state index contributed by atoms with van der Waals surface area (Å²) in [6.07, 6.45) is 4.52. The van der Waals surface area contributed by atoms with Gasteiger partial charge < -0.3 is 5.21 Å². The van der Waals surface area contributed by atoms with Crippen molar-refractivity contribution in [1.82, 2.24) is 0 Å². The molecule has 3 heteroatoms. The molecule has 0 saturated heterocycles. The van der Waals surface area contributed by atoms with Gasteiger partial charge in [-0.25, -0.2) is 0 Å². The van der Waals surface area contributed by atoms with Crippen LogP contribution in [0, 0.1) is 0 Å². The number of allylic oxidation sites excluding steroid dienone is 1. The number of oxime groups is 1. The molecule has 0 unspecified atom stereocenters. The van der Waals surface area contributed by atoms with E-state index in [1.807, 2.05) is 36.6 Å².